The predicted octanol–water partition coefficient (Wildman–Crippen LogP) is 7.40. The Morgan fingerprint density at radius 2 is 1.16 bits per heavy atom. The molecule has 0 unspecified atom stereocenters. The Morgan fingerprint density at radius 1 is 0.716 bits per heavy atom. The van der Waals surface area contributed by atoms with Gasteiger partial charge in [0, 0.05) is 79.7 Å². The van der Waals surface area contributed by atoms with E-state index in [1.165, 1.54) is 0 Å². The van der Waals surface area contributed by atoms with Crippen LogP contribution in [0.3, 0.4) is 0 Å². The zero-order valence-electron chi connectivity index (χ0n) is 39.4. The summed E-state index contributed by atoms with van der Waals surface area (Å²) in [5, 5.41) is 4.36. The van der Waals surface area contributed by atoms with Gasteiger partial charge in [-0.3, -0.25) is 34.3 Å². The number of amides is 2. The highest BCUT2D eigenvalue weighted by molar-refractivity contribution is 7.92. The lowest BCUT2D eigenvalue weighted by atomic mass is 9.85. The fourth-order valence-corrected chi connectivity index (χ4v) is 11.2. The van der Waals surface area contributed by atoms with E-state index in [0.717, 1.165) is 88.3 Å². The fraction of sp³-hybridized carbons (Fsp3) is 0.511. The maximum absolute atomic E-state index is 12.9. The van der Waals surface area contributed by atoms with Crippen LogP contribution in [0.5, 0.6) is 0 Å². The van der Waals surface area contributed by atoms with Crippen LogP contribution in [0.15, 0.2) is 65.8 Å². The van der Waals surface area contributed by atoms with E-state index in [1.54, 1.807) is 65.6 Å². The van der Waals surface area contributed by atoms with E-state index in [2.05, 4.69) is 84.7 Å². The van der Waals surface area contributed by atoms with Crippen molar-refractivity contribution < 1.29 is 18.0 Å². The molecule has 6 aromatic heterocycles. The molecule has 0 spiro atoms. The molecule has 67 heavy (non-hydrogen) atoms. The first-order valence-corrected chi connectivity index (χ1v) is 25.5. The van der Waals surface area contributed by atoms with Crippen molar-refractivity contribution in [2.45, 2.75) is 139 Å². The van der Waals surface area contributed by atoms with Gasteiger partial charge in [-0.15, -0.1) is 24.8 Å². The maximum Gasteiger partial charge on any atom is 0.240 e. The normalized spacial score (nSPS) is 20.8. The van der Waals surface area contributed by atoms with Gasteiger partial charge < -0.3 is 11.1 Å². The Balaban J connectivity index is 0.000000179. The number of rotatable bonds is 8. The Hall–Kier alpha value is -4.57. The number of hydrogen-bond donors (Lipinski definition) is 2. The molecule has 3 N–H and O–H groups in total. The molecule has 4 aliphatic rings. The van der Waals surface area contributed by atoms with E-state index in [0.29, 0.717) is 28.5 Å². The molecule has 2 saturated carbocycles. The van der Waals surface area contributed by atoms with Crippen molar-refractivity contribution in [2.24, 2.45) is 5.73 Å². The van der Waals surface area contributed by atoms with Gasteiger partial charge in [-0.05, 0) is 112 Å². The highest BCUT2D eigenvalue weighted by atomic mass is 35.5. The quantitative estimate of drug-likeness (QED) is 0.152. The summed E-state index contributed by atoms with van der Waals surface area (Å²) >= 11 is 2.66. The average Bonchev–Trinajstić information content (AvgIpc) is 3.96. The van der Waals surface area contributed by atoms with Gasteiger partial charge in [0.05, 0.1) is 22.2 Å². The second-order valence-corrected chi connectivity index (χ2v) is 22.5. The van der Waals surface area contributed by atoms with Crippen molar-refractivity contribution in [3.63, 3.8) is 0 Å². The van der Waals surface area contributed by atoms with Gasteiger partial charge in [0.2, 0.25) is 26.0 Å². The van der Waals surface area contributed by atoms with Gasteiger partial charge in [-0.25, -0.2) is 38.3 Å². The zero-order valence-corrected chi connectivity index (χ0v) is 43.5. The Morgan fingerprint density at radius 3 is 1.57 bits per heavy atom. The van der Waals surface area contributed by atoms with Crippen LogP contribution >= 0.6 is 47.5 Å². The molecule has 22 heteroatoms. The van der Waals surface area contributed by atoms with Crippen LogP contribution in [0.25, 0.3) is 20.7 Å². The smallest absolute Gasteiger partial charge is 0.240 e. The number of nitrogens with zero attached hydrogens (tertiary/aromatic N) is 11. The highest BCUT2D eigenvalue weighted by Gasteiger charge is 2.52. The van der Waals surface area contributed by atoms with Crippen LogP contribution in [0.2, 0.25) is 0 Å². The van der Waals surface area contributed by atoms with E-state index in [9.17, 15) is 18.0 Å². The summed E-state index contributed by atoms with van der Waals surface area (Å²) in [5.74, 6) is 1.62. The van der Waals surface area contributed by atoms with Crippen LogP contribution in [-0.4, -0.2) is 114 Å². The first-order chi connectivity index (χ1) is 30.7. The fourth-order valence-electron chi connectivity index (χ4n) is 8.57. The predicted molar refractivity (Wildman–Crippen MR) is 272 cm³/mol. The molecule has 6 aromatic rings. The van der Waals surface area contributed by atoms with Crippen molar-refractivity contribution in [3.05, 3.63) is 72.8 Å². The Kier molecular flexibility index (Phi) is 17.0. The van der Waals surface area contributed by atoms with E-state index in [1.807, 2.05) is 44.7 Å². The molecule has 2 aliphatic heterocycles. The number of pyridine rings is 2. The number of nitrogens with one attached hydrogen (secondary N) is 1. The molecular formula is C45H61Cl2N13O4S3. The van der Waals surface area contributed by atoms with E-state index < -0.39 is 20.7 Å². The molecule has 0 radical (unpaired) electrons. The van der Waals surface area contributed by atoms with Crippen LogP contribution in [-0.2, 0) is 30.3 Å². The lowest BCUT2D eigenvalue weighted by molar-refractivity contribution is -0.123. The molecule has 8 heterocycles. The number of carbonyl (C=O) groups is 2. The molecule has 362 valence electrons. The van der Waals surface area contributed by atoms with Crippen molar-refractivity contribution in [1.82, 2.24) is 44.8 Å². The molecular weight excluding hydrogens is 954 g/mol. The van der Waals surface area contributed by atoms with E-state index >= 15 is 0 Å². The molecule has 2 amide bonds. The lowest BCUT2D eigenvalue weighted by Gasteiger charge is -2.41. The SMILES string of the molecule is CC1(C)C(=O)N(C2CC(N)C2)c2nccnc21.CC1(C)C(=O)N(C2CC(Nc3nc4cccnc4s3)C2)c2nccnc21.CCN(C(C)C)C(C)C.CS(=O)(=O)c1nc2cccnc2s1.Cl.Cl. The van der Waals surface area contributed by atoms with Crippen LogP contribution in [0.1, 0.15) is 99.4 Å². The summed E-state index contributed by atoms with van der Waals surface area (Å²) < 4.78 is 22.4. The maximum atomic E-state index is 12.9. The average molecular weight is 1020 g/mol. The third-order valence-electron chi connectivity index (χ3n) is 12.1. The van der Waals surface area contributed by atoms with Crippen molar-refractivity contribution >= 4 is 107 Å². The molecule has 0 bridgehead atoms. The number of carbonyl (C=O) groups excluding carboxylic acids is 2. The molecule has 2 aliphatic carbocycles. The van der Waals surface area contributed by atoms with Gasteiger partial charge >= 0.3 is 0 Å². The number of hydrogen-bond acceptors (Lipinski definition) is 17. The Bertz CT molecular complexity index is 2700. The van der Waals surface area contributed by atoms with Gasteiger partial charge in [0.15, 0.2) is 16.8 Å². The third kappa shape index (κ3) is 11.2. The lowest BCUT2D eigenvalue weighted by Crippen LogP contribution is -2.53. The summed E-state index contributed by atoms with van der Waals surface area (Å²) in [7, 11) is -3.20. The number of aromatic nitrogens is 8. The summed E-state index contributed by atoms with van der Waals surface area (Å²) in [6.45, 7) is 20.0. The summed E-state index contributed by atoms with van der Waals surface area (Å²) in [5.41, 5.74) is 7.72. The number of fused-ring (bicyclic) bond motifs is 4. The third-order valence-corrected chi connectivity index (χ3v) is 15.7. The highest BCUT2D eigenvalue weighted by Crippen LogP contribution is 2.44. The monoisotopic (exact) mass is 1010 g/mol. The summed E-state index contributed by atoms with van der Waals surface area (Å²) in [6.07, 6.45) is 14.6. The number of halogens is 2. The van der Waals surface area contributed by atoms with Crippen LogP contribution in [0.4, 0.5) is 16.8 Å². The molecule has 10 rings (SSSR count). The van der Waals surface area contributed by atoms with Crippen molar-refractivity contribution in [3.8, 4) is 0 Å². The van der Waals surface area contributed by atoms with Crippen LogP contribution < -0.4 is 20.9 Å². The van der Waals surface area contributed by atoms with E-state index in [-0.39, 0.29) is 59.1 Å². The number of sulfone groups is 1. The second kappa shape index (κ2) is 21.4. The van der Waals surface area contributed by atoms with Gasteiger partial charge in [-0.1, -0.05) is 29.6 Å². The largest absolute Gasteiger partial charge is 0.359 e. The topological polar surface area (TPSA) is 219 Å². The summed E-state index contributed by atoms with van der Waals surface area (Å²) in [4.78, 5) is 67.4. The minimum Gasteiger partial charge on any atom is -0.359 e. The number of thiazole rings is 2. The minimum absolute atomic E-state index is 0. The number of anilines is 3. The first kappa shape index (κ1) is 53.4. The second-order valence-electron chi connectivity index (χ2n) is 18.4. The van der Waals surface area contributed by atoms with Gasteiger partial charge in [0.1, 0.15) is 20.7 Å². The van der Waals surface area contributed by atoms with Gasteiger partial charge in [-0.2, -0.15) is 0 Å². The number of nitrogens with two attached hydrogens (primary N) is 1. The van der Waals surface area contributed by atoms with Gasteiger partial charge in [0.25, 0.3) is 0 Å². The molecule has 0 atom stereocenters. The minimum atomic E-state index is -3.20. The Labute approximate surface area is 413 Å². The van der Waals surface area contributed by atoms with E-state index in [4.69, 9.17) is 5.73 Å². The van der Waals surface area contributed by atoms with Crippen LogP contribution in [0, 0.1) is 0 Å². The van der Waals surface area contributed by atoms with Crippen molar-refractivity contribution in [2.75, 3.05) is 27.9 Å². The standard InChI is InChI=1S/C18H18N6OS.C12H16N4O.C8H19N.C7H6N2O2S2.2ClH/c1-18(2)13-14(20-7-6-19-13)24(16(18)25)11-8-10(9-11)22-17-23-12-4-3-5-21-15(12)26-17;1-12(2)9-10(15-4-3-14-9)16(11(12)17)8-5-7(13)6-8;1-6-9(7(2)3)8(4)5;1-13(10,11)7-9-5-3-2-4-8-6(5)12-7;;/h3-7,10-11H,8-9H2,1-2H3,(H,22,23);3-4,7-8H,5-6,13H2,1-2H3;7-8H,6H2,1-5H3;2-4H,1H3;2*1H. The molecule has 17 nitrogen and oxygen atoms in total. The molecule has 0 saturated heterocycles. The first-order valence-electron chi connectivity index (χ1n) is 21.9. The molecule has 0 aromatic carbocycles. The zero-order chi connectivity index (χ0) is 47.0. The molecule has 2 fully saturated rings. The van der Waals surface area contributed by atoms with Crippen molar-refractivity contribution in [1.29, 1.82) is 0 Å². The summed E-state index contributed by atoms with van der Waals surface area (Å²) in [6, 6.07) is 9.60.